The molecule has 2 atom stereocenters. The molecule has 0 spiro atoms. The van der Waals surface area contributed by atoms with Crippen LogP contribution in [-0.2, 0) is 4.79 Å². The molecule has 1 aromatic rings. The van der Waals surface area contributed by atoms with Gasteiger partial charge in [-0.25, -0.2) is 4.79 Å². The molecule has 0 aromatic heterocycles. The molecule has 1 fully saturated rings. The fourth-order valence-electron chi connectivity index (χ4n) is 2.99. The van der Waals surface area contributed by atoms with Gasteiger partial charge in [0.1, 0.15) is 0 Å². The fourth-order valence-corrected chi connectivity index (χ4v) is 3.12. The first-order chi connectivity index (χ1) is 11.2. The van der Waals surface area contributed by atoms with Gasteiger partial charge in [0.05, 0.1) is 11.5 Å². The lowest BCUT2D eigenvalue weighted by molar-refractivity contribution is -0.147. The molecule has 132 valence electrons. The Morgan fingerprint density at radius 1 is 1.33 bits per heavy atom. The van der Waals surface area contributed by atoms with E-state index in [4.69, 9.17) is 11.6 Å². The van der Waals surface area contributed by atoms with Crippen molar-refractivity contribution in [3.63, 3.8) is 0 Å². The smallest absolute Gasteiger partial charge is 0.317 e. The molecule has 1 saturated heterocycles. The Hall–Kier alpha value is -1.75. The molecule has 0 bridgehead atoms. The van der Waals surface area contributed by atoms with Gasteiger partial charge in [0.15, 0.2) is 0 Å². The summed E-state index contributed by atoms with van der Waals surface area (Å²) in [4.78, 5) is 25.5. The summed E-state index contributed by atoms with van der Waals surface area (Å²) in [7, 11) is 0. The van der Waals surface area contributed by atoms with Crippen LogP contribution in [0.5, 0.6) is 0 Å². The Kier molecular flexibility index (Phi) is 5.75. The Labute approximate surface area is 148 Å². The molecule has 5 nitrogen and oxygen atoms in total. The minimum absolute atomic E-state index is 0.119. The van der Waals surface area contributed by atoms with Gasteiger partial charge in [-0.05, 0) is 43.4 Å². The van der Waals surface area contributed by atoms with Crippen LogP contribution in [0.4, 0.5) is 4.79 Å². The lowest BCUT2D eigenvalue weighted by Crippen LogP contribution is -2.42. The third-order valence-corrected chi connectivity index (χ3v) is 4.81. The predicted octanol–water partition coefficient (Wildman–Crippen LogP) is 3.93. The van der Waals surface area contributed by atoms with Gasteiger partial charge in [-0.1, -0.05) is 37.6 Å². The molecule has 2 unspecified atom stereocenters. The highest BCUT2D eigenvalue weighted by molar-refractivity contribution is 6.30. The summed E-state index contributed by atoms with van der Waals surface area (Å²) in [6.07, 6.45) is 1.28. The number of nitrogens with zero attached hydrogens (tertiary/aromatic N) is 1. The third-order valence-electron chi connectivity index (χ3n) is 4.55. The number of rotatable bonds is 5. The van der Waals surface area contributed by atoms with Crippen molar-refractivity contribution in [1.29, 1.82) is 0 Å². The number of amides is 2. The normalized spacial score (nSPS) is 21.8. The average molecular weight is 353 g/mol. The summed E-state index contributed by atoms with van der Waals surface area (Å²) in [5.41, 5.74) is 0.146. The van der Waals surface area contributed by atoms with Crippen LogP contribution < -0.4 is 5.32 Å². The highest BCUT2D eigenvalue weighted by Crippen LogP contribution is 2.31. The fraction of sp³-hybridized carbons (Fsp3) is 0.556. The molecule has 24 heavy (non-hydrogen) atoms. The lowest BCUT2D eigenvalue weighted by atomic mass is 9.90. The molecule has 6 heteroatoms. The average Bonchev–Trinajstić information content (AvgIpc) is 2.91. The number of urea groups is 1. The summed E-state index contributed by atoms with van der Waals surface area (Å²) in [5, 5.41) is 13.0. The van der Waals surface area contributed by atoms with E-state index in [1.807, 2.05) is 24.3 Å². The minimum Gasteiger partial charge on any atom is -0.481 e. The first-order valence-corrected chi connectivity index (χ1v) is 8.63. The number of halogens is 1. The molecule has 0 aliphatic carbocycles. The summed E-state index contributed by atoms with van der Waals surface area (Å²) in [6, 6.07) is 7.13. The highest BCUT2D eigenvalue weighted by atomic mass is 35.5. The SMILES string of the molecule is CC(C)CC(NC(=O)N1CCC(C)(C(=O)O)C1)c1ccc(Cl)cc1. The topological polar surface area (TPSA) is 69.6 Å². The number of carboxylic acids is 1. The van der Waals surface area contributed by atoms with Crippen molar-refractivity contribution in [3.05, 3.63) is 34.9 Å². The second-order valence-corrected chi connectivity index (χ2v) is 7.66. The van der Waals surface area contributed by atoms with Gasteiger partial charge < -0.3 is 15.3 Å². The number of carbonyl (C=O) groups excluding carboxylic acids is 1. The van der Waals surface area contributed by atoms with Crippen LogP contribution in [0.1, 0.15) is 45.2 Å². The molecule has 2 amide bonds. The zero-order chi connectivity index (χ0) is 17.9. The first kappa shape index (κ1) is 18.6. The number of benzene rings is 1. The second kappa shape index (κ2) is 7.43. The van der Waals surface area contributed by atoms with E-state index in [-0.39, 0.29) is 18.6 Å². The molecular formula is C18H25ClN2O3. The van der Waals surface area contributed by atoms with Crippen LogP contribution in [0, 0.1) is 11.3 Å². The maximum Gasteiger partial charge on any atom is 0.317 e. The van der Waals surface area contributed by atoms with Gasteiger partial charge in [0.25, 0.3) is 0 Å². The van der Waals surface area contributed by atoms with Crippen molar-refractivity contribution in [2.45, 2.75) is 39.7 Å². The van der Waals surface area contributed by atoms with Crippen molar-refractivity contribution in [1.82, 2.24) is 10.2 Å². The van der Waals surface area contributed by atoms with E-state index >= 15 is 0 Å². The number of carbonyl (C=O) groups is 2. The van der Waals surface area contributed by atoms with Gasteiger partial charge in [0.2, 0.25) is 0 Å². The van der Waals surface area contributed by atoms with Crippen LogP contribution >= 0.6 is 11.6 Å². The standard InChI is InChI=1S/C18H25ClN2O3/c1-12(2)10-15(13-4-6-14(19)7-5-13)20-17(24)21-9-8-18(3,11-21)16(22)23/h4-7,12,15H,8-11H2,1-3H3,(H,20,24)(H,22,23). The number of hydrogen-bond acceptors (Lipinski definition) is 2. The van der Waals surface area contributed by atoms with Crippen LogP contribution in [0.15, 0.2) is 24.3 Å². The molecule has 1 aromatic carbocycles. The van der Waals surface area contributed by atoms with E-state index in [1.165, 1.54) is 0 Å². The molecule has 1 aliphatic heterocycles. The van der Waals surface area contributed by atoms with Gasteiger partial charge in [0, 0.05) is 18.1 Å². The molecule has 1 heterocycles. The monoisotopic (exact) mass is 352 g/mol. The minimum atomic E-state index is -0.856. The van der Waals surface area contributed by atoms with Crippen LogP contribution in [-0.4, -0.2) is 35.1 Å². The maximum absolute atomic E-state index is 12.6. The molecule has 0 radical (unpaired) electrons. The van der Waals surface area contributed by atoms with E-state index in [0.29, 0.717) is 23.9 Å². The summed E-state index contributed by atoms with van der Waals surface area (Å²) >= 11 is 5.94. The Morgan fingerprint density at radius 2 is 1.96 bits per heavy atom. The second-order valence-electron chi connectivity index (χ2n) is 7.22. The zero-order valence-corrected chi connectivity index (χ0v) is 15.1. The molecule has 0 saturated carbocycles. The number of carboxylic acid groups (broad SMARTS) is 1. The summed E-state index contributed by atoms with van der Waals surface area (Å²) < 4.78 is 0. The Balaban J connectivity index is 2.08. The van der Waals surface area contributed by atoms with Crippen LogP contribution in [0.3, 0.4) is 0 Å². The van der Waals surface area contributed by atoms with Crippen molar-refractivity contribution >= 4 is 23.6 Å². The quantitative estimate of drug-likeness (QED) is 0.843. The van der Waals surface area contributed by atoms with Crippen molar-refractivity contribution in [2.24, 2.45) is 11.3 Å². The van der Waals surface area contributed by atoms with E-state index in [9.17, 15) is 14.7 Å². The van der Waals surface area contributed by atoms with Gasteiger partial charge in [-0.15, -0.1) is 0 Å². The van der Waals surface area contributed by atoms with E-state index in [0.717, 1.165) is 12.0 Å². The van der Waals surface area contributed by atoms with Gasteiger partial charge in [-0.3, -0.25) is 4.79 Å². The van der Waals surface area contributed by atoms with Gasteiger partial charge in [-0.2, -0.15) is 0 Å². The van der Waals surface area contributed by atoms with E-state index in [1.54, 1.807) is 11.8 Å². The lowest BCUT2D eigenvalue weighted by Gasteiger charge is -2.26. The summed E-state index contributed by atoms with van der Waals surface area (Å²) in [5.74, 6) is -0.442. The number of aliphatic carboxylic acids is 1. The third kappa shape index (κ3) is 4.41. The highest BCUT2D eigenvalue weighted by Gasteiger charge is 2.42. The predicted molar refractivity (Wildman–Crippen MR) is 94.1 cm³/mol. The molecule has 1 aliphatic rings. The largest absolute Gasteiger partial charge is 0.481 e. The van der Waals surface area contributed by atoms with Crippen molar-refractivity contribution in [2.75, 3.05) is 13.1 Å². The number of hydrogen-bond donors (Lipinski definition) is 2. The number of nitrogens with one attached hydrogen (secondary N) is 1. The van der Waals surface area contributed by atoms with Crippen LogP contribution in [0.25, 0.3) is 0 Å². The van der Waals surface area contributed by atoms with E-state index < -0.39 is 11.4 Å². The summed E-state index contributed by atoms with van der Waals surface area (Å²) in [6.45, 7) is 6.60. The van der Waals surface area contributed by atoms with E-state index in [2.05, 4.69) is 19.2 Å². The number of likely N-dealkylation sites (tertiary alicyclic amines) is 1. The Bertz CT molecular complexity index is 603. The maximum atomic E-state index is 12.6. The molecule has 2 N–H and O–H groups in total. The molecule has 2 rings (SSSR count). The van der Waals surface area contributed by atoms with Crippen LogP contribution in [0.2, 0.25) is 5.02 Å². The zero-order valence-electron chi connectivity index (χ0n) is 14.4. The first-order valence-electron chi connectivity index (χ1n) is 8.25. The van der Waals surface area contributed by atoms with Crippen molar-refractivity contribution in [3.8, 4) is 0 Å². The van der Waals surface area contributed by atoms with Gasteiger partial charge >= 0.3 is 12.0 Å². The Morgan fingerprint density at radius 3 is 2.46 bits per heavy atom. The van der Waals surface area contributed by atoms with Crippen molar-refractivity contribution < 1.29 is 14.7 Å². The molecular weight excluding hydrogens is 328 g/mol.